The van der Waals surface area contributed by atoms with E-state index in [2.05, 4.69) is 0 Å². The van der Waals surface area contributed by atoms with E-state index in [4.69, 9.17) is 30.8 Å². The molecule has 0 N–H and O–H groups in total. The highest BCUT2D eigenvalue weighted by molar-refractivity contribution is 8.26. The van der Waals surface area contributed by atoms with Gasteiger partial charge in [-0.25, -0.2) is 0 Å². The zero-order valence-electron chi connectivity index (χ0n) is 23.1. The Kier molecular flexibility index (Phi) is 7.70. The zero-order valence-corrected chi connectivity index (χ0v) is 24.8. The van der Waals surface area contributed by atoms with E-state index in [0.29, 0.717) is 63.5 Å². The maximum absolute atomic E-state index is 13.9. The van der Waals surface area contributed by atoms with Crippen LogP contribution in [0, 0.1) is 23.7 Å². The average Bonchev–Trinajstić information content (AvgIpc) is 3.45. The number of carbonyl (C=O) groups excluding carboxylic acids is 2. The molecule has 4 aliphatic carbocycles. The number of thioether (sulfide) groups is 1. The van der Waals surface area contributed by atoms with Gasteiger partial charge in [-0.05, 0) is 92.4 Å². The quantitative estimate of drug-likeness (QED) is 0.144. The van der Waals surface area contributed by atoms with Gasteiger partial charge >= 0.3 is 5.97 Å². The van der Waals surface area contributed by atoms with Gasteiger partial charge in [0.2, 0.25) is 0 Å². The van der Waals surface area contributed by atoms with Crippen LogP contribution in [0.3, 0.4) is 0 Å². The summed E-state index contributed by atoms with van der Waals surface area (Å²) in [5.74, 6) is 5.05. The first kappa shape index (κ1) is 27.4. The second kappa shape index (κ2) is 11.2. The first-order valence-corrected chi connectivity index (χ1v) is 15.3. The predicted octanol–water partition coefficient (Wildman–Crippen LogP) is 6.49. The molecule has 1 amide bonds. The second-order valence-corrected chi connectivity index (χ2v) is 13.2. The number of hydrogen-bond donors (Lipinski definition) is 0. The van der Waals surface area contributed by atoms with Gasteiger partial charge < -0.3 is 18.6 Å². The molecule has 212 valence electrons. The molecular formula is C31H35NO6S2. The smallest absolute Gasteiger partial charge is 0.302 e. The third kappa shape index (κ3) is 5.30. The Balaban J connectivity index is 1.29. The van der Waals surface area contributed by atoms with Crippen LogP contribution in [0.4, 0.5) is 0 Å². The Hall–Kier alpha value is -2.78. The summed E-state index contributed by atoms with van der Waals surface area (Å²) in [6, 6.07) is 7.79. The fraction of sp³-hybridized carbons (Fsp3) is 0.516. The van der Waals surface area contributed by atoms with E-state index in [9.17, 15) is 9.59 Å². The van der Waals surface area contributed by atoms with Crippen molar-refractivity contribution in [2.24, 2.45) is 23.7 Å². The van der Waals surface area contributed by atoms with Crippen molar-refractivity contribution in [2.75, 3.05) is 20.8 Å². The fourth-order valence-corrected chi connectivity index (χ4v) is 8.82. The van der Waals surface area contributed by atoms with Crippen molar-refractivity contribution in [3.8, 4) is 22.8 Å². The lowest BCUT2D eigenvalue weighted by Crippen LogP contribution is -2.57. The standard InChI is InChI=1S/C31H35NO6S2/c1-17(33)37-6-4-5-20-14-26(21-12-24(35-2)15-25(13-21)36-3)38-27(20)16-28-30(34)32(31(39)40-28)29-22-8-18-7-19(10-22)11-23(29)9-18/h12-16,18-19,22-23,29H,4-11H2,1-3H3. The molecule has 5 aliphatic rings. The number of thiocarbonyl (C=S) groups is 1. The van der Waals surface area contributed by atoms with Crippen molar-refractivity contribution >= 4 is 46.3 Å². The number of aryl methyl sites for hydroxylation is 1. The summed E-state index contributed by atoms with van der Waals surface area (Å²) in [5, 5.41) is 0. The number of rotatable bonds is 9. The van der Waals surface area contributed by atoms with E-state index >= 15 is 0 Å². The average molecular weight is 582 g/mol. The van der Waals surface area contributed by atoms with Gasteiger partial charge in [0.25, 0.3) is 5.91 Å². The number of amides is 1. The van der Waals surface area contributed by atoms with Crippen molar-refractivity contribution in [3.63, 3.8) is 0 Å². The van der Waals surface area contributed by atoms with E-state index in [-0.39, 0.29) is 17.9 Å². The maximum Gasteiger partial charge on any atom is 0.302 e. The van der Waals surface area contributed by atoms with Crippen LogP contribution in [0.5, 0.6) is 11.5 Å². The summed E-state index contributed by atoms with van der Waals surface area (Å²) < 4.78 is 23.1. The van der Waals surface area contributed by atoms with Gasteiger partial charge in [-0.3, -0.25) is 14.5 Å². The highest BCUT2D eigenvalue weighted by Crippen LogP contribution is 2.56. The fourth-order valence-electron chi connectivity index (χ4n) is 7.50. The van der Waals surface area contributed by atoms with Crippen LogP contribution in [-0.2, 0) is 20.7 Å². The van der Waals surface area contributed by atoms with Crippen molar-refractivity contribution in [2.45, 2.75) is 57.9 Å². The Morgan fingerprint density at radius 1 is 1.05 bits per heavy atom. The molecule has 1 saturated heterocycles. The molecule has 0 unspecified atom stereocenters. The summed E-state index contributed by atoms with van der Waals surface area (Å²) >= 11 is 7.19. The maximum atomic E-state index is 13.9. The monoisotopic (exact) mass is 581 g/mol. The van der Waals surface area contributed by atoms with E-state index < -0.39 is 0 Å². The SMILES string of the molecule is COc1cc(OC)cc(-c2cc(CCCOC(C)=O)c(C=C3SC(=S)N(C4C5CC6CC(C5)CC4C6)C3=O)o2)c1. The summed E-state index contributed by atoms with van der Waals surface area (Å²) in [6.07, 6.45) is 9.39. The lowest BCUT2D eigenvalue weighted by molar-refractivity contribution is -0.141. The molecule has 7 rings (SSSR count). The molecule has 9 heteroatoms. The van der Waals surface area contributed by atoms with Crippen LogP contribution in [-0.4, -0.2) is 48.0 Å². The minimum Gasteiger partial charge on any atom is -0.497 e. The van der Waals surface area contributed by atoms with Crippen molar-refractivity contribution in [1.29, 1.82) is 0 Å². The largest absolute Gasteiger partial charge is 0.497 e. The number of hydrogen-bond acceptors (Lipinski definition) is 8. The molecule has 0 spiro atoms. The van der Waals surface area contributed by atoms with Gasteiger partial charge in [-0.2, -0.15) is 0 Å². The van der Waals surface area contributed by atoms with Crippen molar-refractivity contribution < 1.29 is 28.2 Å². The van der Waals surface area contributed by atoms with Crippen molar-refractivity contribution in [3.05, 3.63) is 40.5 Å². The van der Waals surface area contributed by atoms with E-state index in [1.807, 2.05) is 35.2 Å². The molecule has 7 nitrogen and oxygen atoms in total. The van der Waals surface area contributed by atoms with Gasteiger partial charge in [0.15, 0.2) is 0 Å². The summed E-state index contributed by atoms with van der Waals surface area (Å²) in [7, 11) is 3.22. The van der Waals surface area contributed by atoms with Crippen molar-refractivity contribution in [1.82, 2.24) is 4.90 Å². The molecule has 2 aromatic rings. The van der Waals surface area contributed by atoms with Gasteiger partial charge in [-0.1, -0.05) is 24.0 Å². The third-order valence-electron chi connectivity index (χ3n) is 8.93. The number of nitrogens with zero attached hydrogens (tertiary/aromatic N) is 1. The van der Waals surface area contributed by atoms with Gasteiger partial charge in [0.05, 0.1) is 25.7 Å². The Morgan fingerprint density at radius 3 is 2.30 bits per heavy atom. The molecule has 5 fully saturated rings. The molecule has 4 saturated carbocycles. The highest BCUT2D eigenvalue weighted by atomic mass is 32.2. The van der Waals surface area contributed by atoms with E-state index in [1.54, 1.807) is 14.2 Å². The number of benzene rings is 1. The molecule has 1 aromatic carbocycles. The van der Waals surface area contributed by atoms with Gasteiger partial charge in [0, 0.05) is 30.7 Å². The molecule has 40 heavy (non-hydrogen) atoms. The molecule has 4 bridgehead atoms. The Morgan fingerprint density at radius 2 is 1.70 bits per heavy atom. The lowest BCUT2D eigenvalue weighted by Gasteiger charge is -2.56. The van der Waals surface area contributed by atoms with Gasteiger partial charge in [0.1, 0.15) is 27.3 Å². The van der Waals surface area contributed by atoms with Crippen LogP contribution in [0.15, 0.2) is 33.6 Å². The second-order valence-electron chi connectivity index (χ2n) is 11.5. The Labute approximate surface area is 244 Å². The normalized spacial score (nSPS) is 28.0. The van der Waals surface area contributed by atoms with E-state index in [0.717, 1.165) is 23.0 Å². The molecule has 2 heterocycles. The molecule has 1 aliphatic heterocycles. The van der Waals surface area contributed by atoms with Crippen LogP contribution >= 0.6 is 24.0 Å². The number of furan rings is 1. The van der Waals surface area contributed by atoms with Crippen LogP contribution in [0.1, 0.15) is 56.8 Å². The van der Waals surface area contributed by atoms with Crippen LogP contribution in [0.2, 0.25) is 0 Å². The summed E-state index contributed by atoms with van der Waals surface area (Å²) in [6.45, 7) is 1.72. The summed E-state index contributed by atoms with van der Waals surface area (Å²) in [4.78, 5) is 27.6. The number of methoxy groups -OCH3 is 2. The minimum atomic E-state index is -0.301. The topological polar surface area (TPSA) is 78.2 Å². The predicted molar refractivity (Wildman–Crippen MR) is 158 cm³/mol. The Bertz CT molecular complexity index is 1310. The molecule has 0 radical (unpaired) electrons. The van der Waals surface area contributed by atoms with Gasteiger partial charge in [-0.15, -0.1) is 0 Å². The number of carbonyl (C=O) groups is 2. The summed E-state index contributed by atoms with van der Waals surface area (Å²) in [5.41, 5.74) is 1.74. The lowest BCUT2D eigenvalue weighted by atomic mass is 9.54. The number of esters is 1. The molecule has 1 aromatic heterocycles. The van der Waals surface area contributed by atoms with Crippen LogP contribution < -0.4 is 9.47 Å². The number of ether oxygens (including phenoxy) is 3. The molecular weight excluding hydrogens is 546 g/mol. The zero-order chi connectivity index (χ0) is 28.0. The minimum absolute atomic E-state index is 0.000615. The highest BCUT2D eigenvalue weighted by Gasteiger charge is 2.53. The van der Waals surface area contributed by atoms with E-state index in [1.165, 1.54) is 50.8 Å². The first-order valence-electron chi connectivity index (χ1n) is 14.1. The molecule has 0 atom stereocenters. The van der Waals surface area contributed by atoms with Crippen LogP contribution in [0.25, 0.3) is 17.4 Å². The first-order chi connectivity index (χ1) is 19.3. The third-order valence-corrected chi connectivity index (χ3v) is 10.3.